The minimum Gasteiger partial charge on any atom is -0.496 e. The van der Waals surface area contributed by atoms with Crippen LogP contribution in [0.2, 0.25) is 0 Å². The van der Waals surface area contributed by atoms with Crippen molar-refractivity contribution in [3.63, 3.8) is 0 Å². The van der Waals surface area contributed by atoms with Gasteiger partial charge in [-0.3, -0.25) is 4.79 Å². The zero-order valence-corrected chi connectivity index (χ0v) is 14.6. The number of nitrogens with one attached hydrogen (secondary N) is 1. The quantitative estimate of drug-likeness (QED) is 0.895. The van der Waals surface area contributed by atoms with Gasteiger partial charge >= 0.3 is 0 Å². The van der Waals surface area contributed by atoms with Gasteiger partial charge in [-0.15, -0.1) is 10.2 Å². The fourth-order valence-electron chi connectivity index (χ4n) is 2.90. The van der Waals surface area contributed by atoms with Gasteiger partial charge in [0.2, 0.25) is 0 Å². The molecule has 7 heteroatoms. The number of anilines is 2. The first-order valence-electron chi connectivity index (χ1n) is 8.47. The van der Waals surface area contributed by atoms with Gasteiger partial charge in [0, 0.05) is 32.7 Å². The maximum atomic E-state index is 12.7. The van der Waals surface area contributed by atoms with Gasteiger partial charge < -0.3 is 19.9 Å². The maximum Gasteiger partial charge on any atom is 0.257 e. The molecule has 0 bridgehead atoms. The Bertz CT molecular complexity index is 712. The van der Waals surface area contributed by atoms with Gasteiger partial charge in [0.05, 0.1) is 12.7 Å². The third-order valence-corrected chi connectivity index (χ3v) is 4.24. The Kier molecular flexibility index (Phi) is 5.33. The fraction of sp³-hybridized carbons (Fsp3) is 0.389. The van der Waals surface area contributed by atoms with Gasteiger partial charge in [-0.2, -0.15) is 0 Å². The van der Waals surface area contributed by atoms with Crippen LogP contribution in [-0.2, 0) is 0 Å². The van der Waals surface area contributed by atoms with Crippen molar-refractivity contribution >= 4 is 17.5 Å². The van der Waals surface area contributed by atoms with Crippen LogP contribution in [0.5, 0.6) is 5.75 Å². The third-order valence-electron chi connectivity index (χ3n) is 4.24. The predicted octanol–water partition coefficient (Wildman–Crippen LogP) is 1.88. The summed E-state index contributed by atoms with van der Waals surface area (Å²) in [6.45, 7) is 5.60. The standard InChI is InChI=1S/C18H23N5O2/c1-3-19-16-8-9-17(21-20-16)22-10-12-23(13-11-22)18(24)14-6-4-5-7-15(14)25-2/h4-9H,3,10-13H2,1-2H3,(H,19,20). The van der Waals surface area contributed by atoms with Gasteiger partial charge in [0.25, 0.3) is 5.91 Å². The summed E-state index contributed by atoms with van der Waals surface area (Å²) in [4.78, 5) is 16.7. The highest BCUT2D eigenvalue weighted by atomic mass is 16.5. The number of nitrogens with zero attached hydrogens (tertiary/aromatic N) is 4. The van der Waals surface area contributed by atoms with E-state index in [1.165, 1.54) is 0 Å². The van der Waals surface area contributed by atoms with E-state index in [2.05, 4.69) is 20.4 Å². The van der Waals surface area contributed by atoms with Crippen LogP contribution in [0, 0.1) is 0 Å². The summed E-state index contributed by atoms with van der Waals surface area (Å²) in [5.41, 5.74) is 0.605. The molecule has 2 heterocycles. The number of carbonyl (C=O) groups is 1. The summed E-state index contributed by atoms with van der Waals surface area (Å²) in [6.07, 6.45) is 0. The summed E-state index contributed by atoms with van der Waals surface area (Å²) >= 11 is 0. The van der Waals surface area contributed by atoms with E-state index in [-0.39, 0.29) is 5.91 Å². The second-order valence-corrected chi connectivity index (χ2v) is 5.79. The first kappa shape index (κ1) is 17.0. The molecule has 1 aliphatic heterocycles. The molecule has 0 radical (unpaired) electrons. The normalized spacial score (nSPS) is 14.3. The lowest BCUT2D eigenvalue weighted by atomic mass is 10.1. The molecule has 1 aliphatic rings. The van der Waals surface area contributed by atoms with Crippen molar-refractivity contribution in [3.8, 4) is 5.75 Å². The van der Waals surface area contributed by atoms with Crippen LogP contribution in [0.15, 0.2) is 36.4 Å². The Morgan fingerprint density at radius 2 is 1.88 bits per heavy atom. The van der Waals surface area contributed by atoms with Crippen molar-refractivity contribution in [3.05, 3.63) is 42.0 Å². The van der Waals surface area contributed by atoms with Crippen molar-refractivity contribution < 1.29 is 9.53 Å². The summed E-state index contributed by atoms with van der Waals surface area (Å²) in [6, 6.07) is 11.2. The molecule has 1 fully saturated rings. The number of rotatable bonds is 5. The van der Waals surface area contributed by atoms with E-state index in [0.717, 1.165) is 31.3 Å². The first-order chi connectivity index (χ1) is 12.2. The van der Waals surface area contributed by atoms with E-state index in [1.807, 2.05) is 42.2 Å². The molecule has 3 rings (SSSR count). The molecule has 1 saturated heterocycles. The highest BCUT2D eigenvalue weighted by Crippen LogP contribution is 2.21. The summed E-state index contributed by atoms with van der Waals surface area (Å²) in [5.74, 6) is 2.23. The number of methoxy groups -OCH3 is 1. The van der Waals surface area contributed by atoms with Crippen molar-refractivity contribution in [1.82, 2.24) is 15.1 Å². The molecule has 1 amide bonds. The number of para-hydroxylation sites is 1. The first-order valence-corrected chi connectivity index (χ1v) is 8.47. The van der Waals surface area contributed by atoms with E-state index in [0.29, 0.717) is 24.4 Å². The molecule has 0 atom stereocenters. The topological polar surface area (TPSA) is 70.6 Å². The largest absolute Gasteiger partial charge is 0.496 e. The number of aromatic nitrogens is 2. The summed E-state index contributed by atoms with van der Waals surface area (Å²) < 4.78 is 5.30. The minimum atomic E-state index is 0.00526. The molecule has 7 nitrogen and oxygen atoms in total. The SMILES string of the molecule is CCNc1ccc(N2CCN(C(=O)c3ccccc3OC)CC2)nn1. The Morgan fingerprint density at radius 1 is 1.12 bits per heavy atom. The number of carbonyl (C=O) groups excluding carboxylic acids is 1. The number of amides is 1. The number of hydrogen-bond acceptors (Lipinski definition) is 6. The molecule has 0 spiro atoms. The molecule has 2 aromatic rings. The Hall–Kier alpha value is -2.83. The van der Waals surface area contributed by atoms with E-state index >= 15 is 0 Å². The second-order valence-electron chi connectivity index (χ2n) is 5.79. The molecular formula is C18H23N5O2. The summed E-state index contributed by atoms with van der Waals surface area (Å²) in [7, 11) is 1.58. The molecular weight excluding hydrogens is 318 g/mol. The minimum absolute atomic E-state index is 0.00526. The van der Waals surface area contributed by atoms with Gasteiger partial charge in [-0.25, -0.2) is 0 Å². The van der Waals surface area contributed by atoms with Gasteiger partial charge in [0.1, 0.15) is 11.6 Å². The Balaban J connectivity index is 1.62. The van der Waals surface area contributed by atoms with Crippen molar-refractivity contribution in [2.75, 3.05) is 50.1 Å². The lowest BCUT2D eigenvalue weighted by molar-refractivity contribution is 0.0743. The highest BCUT2D eigenvalue weighted by Gasteiger charge is 2.24. The van der Waals surface area contributed by atoms with Crippen LogP contribution in [0.3, 0.4) is 0 Å². The second kappa shape index (κ2) is 7.83. The van der Waals surface area contributed by atoms with Gasteiger partial charge in [0.15, 0.2) is 5.82 Å². The molecule has 0 unspecified atom stereocenters. The van der Waals surface area contributed by atoms with E-state index in [9.17, 15) is 4.79 Å². The average molecular weight is 341 g/mol. The lowest BCUT2D eigenvalue weighted by Gasteiger charge is -2.35. The van der Waals surface area contributed by atoms with Crippen LogP contribution < -0.4 is 15.0 Å². The summed E-state index contributed by atoms with van der Waals surface area (Å²) in [5, 5.41) is 11.6. The number of piperazine rings is 1. The highest BCUT2D eigenvalue weighted by molar-refractivity contribution is 5.97. The molecule has 132 valence electrons. The van der Waals surface area contributed by atoms with Gasteiger partial charge in [-0.05, 0) is 31.2 Å². The van der Waals surface area contributed by atoms with E-state index in [4.69, 9.17) is 4.74 Å². The monoisotopic (exact) mass is 341 g/mol. The van der Waals surface area contributed by atoms with Crippen LogP contribution in [0.1, 0.15) is 17.3 Å². The number of benzene rings is 1. The van der Waals surface area contributed by atoms with Crippen LogP contribution in [0.25, 0.3) is 0 Å². The third kappa shape index (κ3) is 3.81. The zero-order valence-electron chi connectivity index (χ0n) is 14.6. The van der Waals surface area contributed by atoms with E-state index < -0.39 is 0 Å². The number of ether oxygens (including phenoxy) is 1. The zero-order chi connectivity index (χ0) is 17.6. The molecule has 25 heavy (non-hydrogen) atoms. The van der Waals surface area contributed by atoms with Crippen molar-refractivity contribution in [2.45, 2.75) is 6.92 Å². The van der Waals surface area contributed by atoms with Crippen LogP contribution in [0.4, 0.5) is 11.6 Å². The Morgan fingerprint density at radius 3 is 2.52 bits per heavy atom. The number of hydrogen-bond donors (Lipinski definition) is 1. The lowest BCUT2D eigenvalue weighted by Crippen LogP contribution is -2.49. The van der Waals surface area contributed by atoms with E-state index in [1.54, 1.807) is 13.2 Å². The fourth-order valence-corrected chi connectivity index (χ4v) is 2.90. The molecule has 0 saturated carbocycles. The molecule has 1 aromatic heterocycles. The predicted molar refractivity (Wildman–Crippen MR) is 97.3 cm³/mol. The average Bonchev–Trinajstić information content (AvgIpc) is 2.68. The van der Waals surface area contributed by atoms with Crippen LogP contribution in [-0.4, -0.2) is 60.8 Å². The van der Waals surface area contributed by atoms with Crippen molar-refractivity contribution in [2.24, 2.45) is 0 Å². The van der Waals surface area contributed by atoms with Crippen molar-refractivity contribution in [1.29, 1.82) is 0 Å². The Labute approximate surface area is 147 Å². The molecule has 0 aliphatic carbocycles. The smallest absolute Gasteiger partial charge is 0.257 e. The maximum absolute atomic E-state index is 12.7. The molecule has 1 N–H and O–H groups in total. The van der Waals surface area contributed by atoms with Crippen LogP contribution >= 0.6 is 0 Å². The molecule has 1 aromatic carbocycles. The van der Waals surface area contributed by atoms with Gasteiger partial charge in [-0.1, -0.05) is 12.1 Å².